The van der Waals surface area contributed by atoms with Crippen molar-refractivity contribution in [2.45, 2.75) is 39.2 Å². The minimum atomic E-state index is -0.941. The number of hydrogen-bond donors (Lipinski definition) is 4. The van der Waals surface area contributed by atoms with Gasteiger partial charge in [-0.1, -0.05) is 25.1 Å². The topological polar surface area (TPSA) is 120 Å². The Kier molecular flexibility index (Phi) is 9.85. The van der Waals surface area contributed by atoms with Crippen LogP contribution in [0.25, 0.3) is 0 Å². The highest BCUT2D eigenvalue weighted by Gasteiger charge is 2.38. The van der Waals surface area contributed by atoms with E-state index in [-0.39, 0.29) is 30.6 Å². The molecule has 9 nitrogen and oxygen atoms in total. The number of benzene rings is 2. The molecule has 0 saturated carbocycles. The number of nitrogens with zero attached hydrogens (tertiary/aromatic N) is 1. The van der Waals surface area contributed by atoms with Gasteiger partial charge in [0, 0.05) is 36.8 Å². The van der Waals surface area contributed by atoms with Crippen LogP contribution in [0.2, 0.25) is 0 Å². The molecule has 0 spiro atoms. The van der Waals surface area contributed by atoms with Crippen molar-refractivity contribution < 1.29 is 28.6 Å². The monoisotopic (exact) mass is 514 g/mol. The molecule has 3 atom stereocenters. The number of aliphatic carboxylic acids is 1. The highest BCUT2D eigenvalue weighted by molar-refractivity contribution is 6.01. The molecule has 3 amide bonds. The summed E-state index contributed by atoms with van der Waals surface area (Å²) in [6, 6.07) is 10.9. The molecule has 0 aliphatic carbocycles. The first-order chi connectivity index (χ1) is 17.8. The Morgan fingerprint density at radius 2 is 1.92 bits per heavy atom. The first-order valence-electron chi connectivity index (χ1n) is 12.4. The fourth-order valence-electron chi connectivity index (χ4n) is 4.85. The van der Waals surface area contributed by atoms with Crippen LogP contribution in [0.4, 0.5) is 26.2 Å². The zero-order valence-corrected chi connectivity index (χ0v) is 21.4. The van der Waals surface area contributed by atoms with E-state index >= 15 is 0 Å². The molecule has 1 aliphatic rings. The van der Waals surface area contributed by atoms with Crippen LogP contribution in [0.15, 0.2) is 42.5 Å². The maximum Gasteiger partial charge on any atom is 0.323 e. The SMILES string of the molecule is CCC(=O)N(c1ccc(NC(=O)Nc2ccccc2C)c(OC)c1)C(CF)C1CNCCC1CC(=O)O. The van der Waals surface area contributed by atoms with Gasteiger partial charge in [0.1, 0.15) is 12.4 Å². The van der Waals surface area contributed by atoms with E-state index in [9.17, 15) is 23.9 Å². The van der Waals surface area contributed by atoms with Crippen LogP contribution in [0.5, 0.6) is 5.75 Å². The highest BCUT2D eigenvalue weighted by Crippen LogP contribution is 2.35. The smallest absolute Gasteiger partial charge is 0.323 e. The van der Waals surface area contributed by atoms with Crippen molar-refractivity contribution in [3.8, 4) is 5.75 Å². The third-order valence-electron chi connectivity index (χ3n) is 6.77. The third kappa shape index (κ3) is 6.97. The van der Waals surface area contributed by atoms with Gasteiger partial charge in [-0.3, -0.25) is 9.59 Å². The summed E-state index contributed by atoms with van der Waals surface area (Å²) in [4.78, 5) is 38.6. The summed E-state index contributed by atoms with van der Waals surface area (Å²) in [6.45, 7) is 3.81. The van der Waals surface area contributed by atoms with E-state index in [0.29, 0.717) is 42.3 Å². The van der Waals surface area contributed by atoms with E-state index in [1.54, 1.807) is 31.2 Å². The number of amides is 3. The number of nitrogens with one attached hydrogen (secondary N) is 3. The number of methoxy groups -OCH3 is 1. The average Bonchev–Trinajstić information content (AvgIpc) is 2.88. The Balaban J connectivity index is 1.88. The lowest BCUT2D eigenvalue weighted by Crippen LogP contribution is -2.53. The van der Waals surface area contributed by atoms with Gasteiger partial charge in [-0.2, -0.15) is 0 Å². The largest absolute Gasteiger partial charge is 0.494 e. The van der Waals surface area contributed by atoms with Gasteiger partial charge in [-0.25, -0.2) is 9.18 Å². The summed E-state index contributed by atoms with van der Waals surface area (Å²) in [5.41, 5.74) is 2.36. The molecule has 2 aromatic carbocycles. The Morgan fingerprint density at radius 1 is 1.19 bits per heavy atom. The Morgan fingerprint density at radius 3 is 2.57 bits per heavy atom. The lowest BCUT2D eigenvalue weighted by atomic mass is 9.79. The number of carbonyl (C=O) groups is 3. The number of hydrogen-bond acceptors (Lipinski definition) is 5. The molecule has 3 rings (SSSR count). The number of carboxylic acids is 1. The second-order valence-electron chi connectivity index (χ2n) is 9.13. The fraction of sp³-hybridized carbons (Fsp3) is 0.444. The van der Waals surface area contributed by atoms with Crippen LogP contribution in [-0.4, -0.2) is 55.9 Å². The van der Waals surface area contributed by atoms with E-state index in [1.165, 1.54) is 12.0 Å². The van der Waals surface area contributed by atoms with Gasteiger partial charge in [0.25, 0.3) is 0 Å². The molecule has 4 N–H and O–H groups in total. The average molecular weight is 515 g/mol. The lowest BCUT2D eigenvalue weighted by molar-refractivity contribution is -0.138. The Bertz CT molecular complexity index is 1110. The predicted molar refractivity (Wildman–Crippen MR) is 141 cm³/mol. The standard InChI is InChI=1S/C27H35FN4O5/c1-4-25(33)32(23(15-28)20-16-29-12-11-18(20)13-26(34)35)19-9-10-22(24(14-19)37-3)31-27(36)30-21-8-6-5-7-17(21)2/h5-10,14,18,20,23,29H,4,11-13,15-16H2,1-3H3,(H,34,35)(H2,30,31,36). The molecule has 3 unspecified atom stereocenters. The van der Waals surface area contributed by atoms with Crippen LogP contribution in [0.1, 0.15) is 31.7 Å². The fourth-order valence-corrected chi connectivity index (χ4v) is 4.85. The quantitative estimate of drug-likeness (QED) is 0.372. The predicted octanol–water partition coefficient (Wildman–Crippen LogP) is 4.43. The van der Waals surface area contributed by atoms with Gasteiger partial charge < -0.3 is 30.7 Å². The molecule has 1 fully saturated rings. The minimum Gasteiger partial charge on any atom is -0.494 e. The van der Waals surface area contributed by atoms with Crippen molar-refractivity contribution in [2.75, 3.05) is 42.4 Å². The Labute approximate surface area is 216 Å². The number of para-hydroxylation sites is 1. The zero-order valence-electron chi connectivity index (χ0n) is 21.4. The van der Waals surface area contributed by atoms with Crippen molar-refractivity contribution in [1.82, 2.24) is 5.32 Å². The molecule has 0 aromatic heterocycles. The molecule has 200 valence electrons. The number of urea groups is 1. The number of aryl methyl sites for hydroxylation is 1. The number of carbonyl (C=O) groups excluding carboxylic acids is 2. The van der Waals surface area contributed by atoms with Gasteiger partial charge in [-0.15, -0.1) is 0 Å². The number of ether oxygens (including phenoxy) is 1. The van der Waals surface area contributed by atoms with Crippen LogP contribution in [0, 0.1) is 18.8 Å². The maximum absolute atomic E-state index is 14.6. The van der Waals surface area contributed by atoms with Crippen molar-refractivity contribution in [2.24, 2.45) is 11.8 Å². The summed E-state index contributed by atoms with van der Waals surface area (Å²) >= 11 is 0. The second kappa shape index (κ2) is 13.0. The number of alkyl halides is 1. The molecular formula is C27H35FN4O5. The summed E-state index contributed by atoms with van der Waals surface area (Å²) in [5, 5.41) is 18.1. The molecular weight excluding hydrogens is 479 g/mol. The van der Waals surface area contributed by atoms with Crippen LogP contribution in [-0.2, 0) is 9.59 Å². The Hall–Kier alpha value is -3.66. The minimum absolute atomic E-state index is 0.0841. The molecule has 1 aliphatic heterocycles. The number of piperidine rings is 1. The summed E-state index contributed by atoms with van der Waals surface area (Å²) < 4.78 is 20.1. The van der Waals surface area contributed by atoms with Crippen molar-refractivity contribution >= 4 is 35.0 Å². The molecule has 37 heavy (non-hydrogen) atoms. The van der Waals surface area contributed by atoms with E-state index in [2.05, 4.69) is 16.0 Å². The van der Waals surface area contributed by atoms with Gasteiger partial charge in [0.05, 0.1) is 18.8 Å². The lowest BCUT2D eigenvalue weighted by Gasteiger charge is -2.41. The number of carboxylic acid groups (broad SMARTS) is 1. The van der Waals surface area contributed by atoms with Gasteiger partial charge in [-0.05, 0) is 55.5 Å². The normalized spacial score (nSPS) is 17.9. The molecule has 1 heterocycles. The first kappa shape index (κ1) is 27.9. The van der Waals surface area contributed by atoms with Gasteiger partial charge in [0.2, 0.25) is 5.91 Å². The summed E-state index contributed by atoms with van der Waals surface area (Å²) in [5.74, 6) is -1.58. The van der Waals surface area contributed by atoms with Crippen LogP contribution < -0.4 is 25.6 Å². The van der Waals surface area contributed by atoms with Crippen molar-refractivity contribution in [1.29, 1.82) is 0 Å². The highest BCUT2D eigenvalue weighted by atomic mass is 19.1. The van der Waals surface area contributed by atoms with E-state index in [4.69, 9.17) is 4.74 Å². The molecule has 1 saturated heterocycles. The summed E-state index contributed by atoms with van der Waals surface area (Å²) in [7, 11) is 1.44. The van der Waals surface area contributed by atoms with Crippen LogP contribution in [0.3, 0.4) is 0 Å². The van der Waals surface area contributed by atoms with Crippen molar-refractivity contribution in [3.63, 3.8) is 0 Å². The van der Waals surface area contributed by atoms with E-state index in [1.807, 2.05) is 25.1 Å². The van der Waals surface area contributed by atoms with Gasteiger partial charge in [0.15, 0.2) is 0 Å². The molecule has 10 heteroatoms. The number of rotatable bonds is 10. The molecule has 0 radical (unpaired) electrons. The van der Waals surface area contributed by atoms with E-state index in [0.717, 1.165) is 5.56 Å². The van der Waals surface area contributed by atoms with Crippen molar-refractivity contribution in [3.05, 3.63) is 48.0 Å². The molecule has 0 bridgehead atoms. The number of halogens is 1. The number of anilines is 3. The van der Waals surface area contributed by atoms with Crippen LogP contribution >= 0.6 is 0 Å². The first-order valence-corrected chi connectivity index (χ1v) is 12.4. The molecule has 2 aromatic rings. The summed E-state index contributed by atoms with van der Waals surface area (Å²) in [6.07, 6.45) is 0.643. The van der Waals surface area contributed by atoms with Gasteiger partial charge >= 0.3 is 12.0 Å². The zero-order chi connectivity index (χ0) is 26.9. The second-order valence-corrected chi connectivity index (χ2v) is 9.13. The maximum atomic E-state index is 14.6. The third-order valence-corrected chi connectivity index (χ3v) is 6.77. The van der Waals surface area contributed by atoms with E-state index < -0.39 is 24.7 Å².